The van der Waals surface area contributed by atoms with E-state index < -0.39 is 0 Å². The van der Waals surface area contributed by atoms with Gasteiger partial charge in [-0.15, -0.1) is 0 Å². The van der Waals surface area contributed by atoms with E-state index in [4.69, 9.17) is 0 Å². The van der Waals surface area contributed by atoms with E-state index in [0.29, 0.717) is 5.54 Å². The number of hydrogen-bond donors (Lipinski definition) is 0. The third-order valence-corrected chi connectivity index (χ3v) is 4.10. The molecular weight excluding hydrogens is 194 g/mol. The van der Waals surface area contributed by atoms with Crippen LogP contribution in [0.3, 0.4) is 0 Å². The van der Waals surface area contributed by atoms with E-state index in [1.807, 2.05) is 13.8 Å². The molecule has 2 atom stereocenters. The summed E-state index contributed by atoms with van der Waals surface area (Å²) in [5, 5.41) is 0. The number of nitrogens with zero attached hydrogens (tertiary/aromatic N) is 1. The Morgan fingerprint density at radius 2 is 1.44 bits per heavy atom. The van der Waals surface area contributed by atoms with Crippen molar-refractivity contribution in [1.29, 1.82) is 0 Å². The van der Waals surface area contributed by atoms with Crippen LogP contribution >= 0.6 is 0 Å². The fourth-order valence-corrected chi connectivity index (χ4v) is 3.46. The first-order chi connectivity index (χ1) is 7.59. The number of likely N-dealkylation sites (tertiary alicyclic amines) is 1. The van der Waals surface area contributed by atoms with Gasteiger partial charge < -0.3 is 0 Å². The van der Waals surface area contributed by atoms with Gasteiger partial charge in [-0.05, 0) is 58.9 Å². The van der Waals surface area contributed by atoms with Crippen molar-refractivity contribution in [3.63, 3.8) is 0 Å². The highest BCUT2D eigenvalue weighted by Gasteiger charge is 2.37. The van der Waals surface area contributed by atoms with Gasteiger partial charge in [0.05, 0.1) is 0 Å². The molecule has 0 amide bonds. The number of piperidine rings is 1. The predicted molar refractivity (Wildman–Crippen MR) is 72.8 cm³/mol. The second kappa shape index (κ2) is 6.05. The lowest BCUT2D eigenvalue weighted by Crippen LogP contribution is -2.54. The summed E-state index contributed by atoms with van der Waals surface area (Å²) in [7, 11) is 0. The Kier molecular flexibility index (Phi) is 5.30. The first kappa shape index (κ1) is 14.0. The Morgan fingerprint density at radius 3 is 2.06 bits per heavy atom. The van der Waals surface area contributed by atoms with Crippen LogP contribution < -0.4 is 0 Å². The minimum absolute atomic E-state index is 0.390. The Balaban J connectivity index is 0.000000606. The van der Waals surface area contributed by atoms with Crippen molar-refractivity contribution in [2.24, 2.45) is 5.92 Å². The van der Waals surface area contributed by atoms with Crippen molar-refractivity contribution < 1.29 is 0 Å². The number of hydrogen-bond acceptors (Lipinski definition) is 1. The average molecular weight is 225 g/mol. The van der Waals surface area contributed by atoms with Crippen LogP contribution in [0.4, 0.5) is 0 Å². The summed E-state index contributed by atoms with van der Waals surface area (Å²) in [6.45, 7) is 12.5. The van der Waals surface area contributed by atoms with Crippen LogP contribution in [0.2, 0.25) is 0 Å². The van der Waals surface area contributed by atoms with E-state index in [9.17, 15) is 0 Å². The van der Waals surface area contributed by atoms with Gasteiger partial charge in [-0.2, -0.15) is 0 Å². The molecule has 96 valence electrons. The molecular formula is C15H31N. The molecule has 2 rings (SSSR count). The van der Waals surface area contributed by atoms with Crippen molar-refractivity contribution in [3.05, 3.63) is 0 Å². The summed E-state index contributed by atoms with van der Waals surface area (Å²) in [5.41, 5.74) is 0.390. The zero-order valence-electron chi connectivity index (χ0n) is 12.1. The molecule has 0 N–H and O–H groups in total. The molecule has 0 bridgehead atoms. The van der Waals surface area contributed by atoms with Gasteiger partial charge in [-0.25, -0.2) is 0 Å². The zero-order valence-corrected chi connectivity index (χ0v) is 12.1. The number of fused-ring (bicyclic) bond motifs is 1. The van der Waals surface area contributed by atoms with E-state index in [2.05, 4.69) is 25.7 Å². The van der Waals surface area contributed by atoms with Gasteiger partial charge in [0.1, 0.15) is 0 Å². The average Bonchev–Trinajstić information content (AvgIpc) is 2.30. The van der Waals surface area contributed by atoms with Crippen molar-refractivity contribution >= 4 is 0 Å². The fraction of sp³-hybridized carbons (Fsp3) is 1.00. The van der Waals surface area contributed by atoms with E-state index >= 15 is 0 Å². The molecule has 1 nitrogen and oxygen atoms in total. The maximum atomic E-state index is 2.78. The molecule has 1 heterocycles. The molecule has 0 aromatic carbocycles. The highest BCUT2D eigenvalue weighted by atomic mass is 15.2. The van der Waals surface area contributed by atoms with Crippen LogP contribution in [-0.2, 0) is 0 Å². The molecule has 1 aliphatic carbocycles. The monoisotopic (exact) mass is 225 g/mol. The minimum atomic E-state index is 0.390. The van der Waals surface area contributed by atoms with Gasteiger partial charge in [-0.3, -0.25) is 4.90 Å². The van der Waals surface area contributed by atoms with Crippen molar-refractivity contribution in [2.45, 2.75) is 84.7 Å². The summed E-state index contributed by atoms with van der Waals surface area (Å²) < 4.78 is 0. The van der Waals surface area contributed by atoms with Gasteiger partial charge in [-0.1, -0.05) is 26.7 Å². The topological polar surface area (TPSA) is 3.24 Å². The first-order valence-electron chi connectivity index (χ1n) is 7.36. The lowest BCUT2D eigenvalue weighted by Gasteiger charge is -2.50. The summed E-state index contributed by atoms with van der Waals surface area (Å²) in [6, 6.07) is 0.914. The third-order valence-electron chi connectivity index (χ3n) is 4.10. The Labute approximate surface area is 103 Å². The van der Waals surface area contributed by atoms with Crippen LogP contribution in [0.25, 0.3) is 0 Å². The predicted octanol–water partition coefficient (Wildman–Crippen LogP) is 4.47. The quantitative estimate of drug-likeness (QED) is 0.588. The molecule has 2 unspecified atom stereocenters. The van der Waals surface area contributed by atoms with Crippen molar-refractivity contribution in [2.75, 3.05) is 6.54 Å². The number of rotatable bonds is 0. The van der Waals surface area contributed by atoms with Gasteiger partial charge >= 0.3 is 0 Å². The SMILES string of the molecule is CC.CC(C)(C)N1CCCC2CCCCC21. The first-order valence-corrected chi connectivity index (χ1v) is 7.36. The molecule has 0 spiro atoms. The van der Waals surface area contributed by atoms with Crippen LogP contribution in [0.5, 0.6) is 0 Å². The van der Waals surface area contributed by atoms with Crippen molar-refractivity contribution in [1.82, 2.24) is 4.90 Å². The minimum Gasteiger partial charge on any atom is -0.295 e. The maximum Gasteiger partial charge on any atom is 0.0129 e. The fourth-order valence-electron chi connectivity index (χ4n) is 3.46. The Morgan fingerprint density at radius 1 is 0.875 bits per heavy atom. The van der Waals surface area contributed by atoms with Crippen LogP contribution in [-0.4, -0.2) is 23.0 Å². The molecule has 16 heavy (non-hydrogen) atoms. The zero-order chi connectivity index (χ0) is 12.2. The standard InChI is InChI=1S/C13H25N.C2H6/c1-13(2,3)14-10-6-8-11-7-4-5-9-12(11)14;1-2/h11-12H,4-10H2,1-3H3;1-2H3. The normalized spacial score (nSPS) is 31.3. The molecule has 1 saturated carbocycles. The summed E-state index contributed by atoms with van der Waals surface area (Å²) >= 11 is 0. The Bertz CT molecular complexity index is 190. The van der Waals surface area contributed by atoms with Crippen LogP contribution in [0, 0.1) is 5.92 Å². The van der Waals surface area contributed by atoms with Gasteiger partial charge in [0, 0.05) is 11.6 Å². The molecule has 2 aliphatic rings. The summed E-state index contributed by atoms with van der Waals surface area (Å²) in [5.74, 6) is 1.02. The second-order valence-electron chi connectivity index (χ2n) is 6.12. The van der Waals surface area contributed by atoms with Crippen LogP contribution in [0.1, 0.15) is 73.1 Å². The molecule has 0 radical (unpaired) electrons. The van der Waals surface area contributed by atoms with Crippen LogP contribution in [0.15, 0.2) is 0 Å². The smallest absolute Gasteiger partial charge is 0.0129 e. The van der Waals surface area contributed by atoms with E-state index in [-0.39, 0.29) is 0 Å². The largest absolute Gasteiger partial charge is 0.295 e. The lowest BCUT2D eigenvalue weighted by atomic mass is 9.76. The molecule has 0 aromatic rings. The molecule has 2 fully saturated rings. The van der Waals surface area contributed by atoms with Gasteiger partial charge in [0.2, 0.25) is 0 Å². The Hall–Kier alpha value is -0.0400. The molecule has 1 saturated heterocycles. The highest BCUT2D eigenvalue weighted by molar-refractivity contribution is 4.92. The van der Waals surface area contributed by atoms with E-state index in [1.165, 1.54) is 45.1 Å². The molecule has 0 aromatic heterocycles. The summed E-state index contributed by atoms with van der Waals surface area (Å²) in [4.78, 5) is 2.78. The highest BCUT2D eigenvalue weighted by Crippen LogP contribution is 2.38. The molecule has 1 aliphatic heterocycles. The van der Waals surface area contributed by atoms with E-state index in [1.54, 1.807) is 0 Å². The van der Waals surface area contributed by atoms with Gasteiger partial charge in [0.25, 0.3) is 0 Å². The van der Waals surface area contributed by atoms with Crippen molar-refractivity contribution in [3.8, 4) is 0 Å². The summed E-state index contributed by atoms with van der Waals surface area (Å²) in [6.07, 6.45) is 8.84. The second-order valence-corrected chi connectivity index (χ2v) is 6.12. The molecule has 1 heteroatoms. The van der Waals surface area contributed by atoms with E-state index in [0.717, 1.165) is 12.0 Å². The lowest BCUT2D eigenvalue weighted by molar-refractivity contribution is -0.00454. The third kappa shape index (κ3) is 3.23. The maximum absolute atomic E-state index is 2.78. The van der Waals surface area contributed by atoms with Gasteiger partial charge in [0.15, 0.2) is 0 Å².